The van der Waals surface area contributed by atoms with Gasteiger partial charge in [0.1, 0.15) is 26.2 Å². The lowest BCUT2D eigenvalue weighted by Crippen LogP contribution is -3.28. The SMILES string of the molecule is CCc1ccccc1NC(=O)C[NH+]1CC[NH+](CC(=O)N2c3ccccc3C[C@H]2C)CC1. The number of carbonyl (C=O) groups excluding carboxylic acids is 2. The van der Waals surface area contributed by atoms with Gasteiger partial charge in [-0.15, -0.1) is 0 Å². The molecule has 2 amide bonds. The van der Waals surface area contributed by atoms with Gasteiger partial charge >= 0.3 is 0 Å². The molecule has 0 aromatic heterocycles. The van der Waals surface area contributed by atoms with Crippen LogP contribution in [0, 0.1) is 0 Å². The van der Waals surface area contributed by atoms with E-state index in [0.29, 0.717) is 13.1 Å². The number of fused-ring (bicyclic) bond motifs is 1. The van der Waals surface area contributed by atoms with E-state index in [9.17, 15) is 9.59 Å². The number of rotatable bonds is 6. The van der Waals surface area contributed by atoms with Gasteiger partial charge in [0.2, 0.25) is 0 Å². The summed E-state index contributed by atoms with van der Waals surface area (Å²) in [6, 6.07) is 16.5. The number of carbonyl (C=O) groups is 2. The van der Waals surface area contributed by atoms with Gasteiger partial charge in [-0.3, -0.25) is 9.59 Å². The van der Waals surface area contributed by atoms with Gasteiger partial charge in [-0.2, -0.15) is 0 Å². The van der Waals surface area contributed by atoms with Crippen molar-refractivity contribution < 1.29 is 19.4 Å². The Kier molecular flexibility index (Phi) is 6.68. The highest BCUT2D eigenvalue weighted by Gasteiger charge is 2.34. The number of aryl methyl sites for hydroxylation is 1. The fraction of sp³-hybridized carbons (Fsp3) is 0.440. The fourth-order valence-electron chi connectivity index (χ4n) is 4.93. The van der Waals surface area contributed by atoms with Crippen LogP contribution in [0.2, 0.25) is 0 Å². The summed E-state index contributed by atoms with van der Waals surface area (Å²) in [4.78, 5) is 30.2. The van der Waals surface area contributed by atoms with Crippen LogP contribution in [-0.2, 0) is 22.4 Å². The third-order valence-corrected chi connectivity index (χ3v) is 6.62. The Hall–Kier alpha value is -2.70. The van der Waals surface area contributed by atoms with Crippen LogP contribution in [0.3, 0.4) is 0 Å². The molecule has 0 radical (unpaired) electrons. The first-order valence-corrected chi connectivity index (χ1v) is 11.5. The monoisotopic (exact) mass is 422 g/mol. The molecule has 1 saturated heterocycles. The number of nitrogens with zero attached hydrogens (tertiary/aromatic N) is 1. The molecule has 164 valence electrons. The van der Waals surface area contributed by atoms with Gasteiger partial charge < -0.3 is 20.0 Å². The molecule has 6 heteroatoms. The standard InChI is InChI=1S/C25H32N4O2/c1-3-20-8-4-6-10-22(20)26-24(30)17-27-12-14-28(15-13-27)18-25(31)29-19(2)16-21-9-5-7-11-23(21)29/h4-11,19H,3,12-18H2,1-2H3,(H,26,30)/p+2/t19-/m1/s1. The number of quaternary nitrogens is 2. The van der Waals surface area contributed by atoms with Gasteiger partial charge in [0.15, 0.2) is 13.1 Å². The molecule has 0 saturated carbocycles. The third kappa shape index (κ3) is 4.97. The summed E-state index contributed by atoms with van der Waals surface area (Å²) >= 11 is 0. The van der Waals surface area contributed by atoms with Crippen LogP contribution in [0.1, 0.15) is 25.0 Å². The molecule has 2 aliphatic rings. The van der Waals surface area contributed by atoms with Gasteiger partial charge in [-0.1, -0.05) is 43.3 Å². The average Bonchev–Trinajstić information content (AvgIpc) is 3.11. The van der Waals surface area contributed by atoms with Crippen LogP contribution in [0.15, 0.2) is 48.5 Å². The highest BCUT2D eigenvalue weighted by molar-refractivity contribution is 5.96. The van der Waals surface area contributed by atoms with Crippen molar-refractivity contribution in [2.75, 3.05) is 49.5 Å². The van der Waals surface area contributed by atoms with Gasteiger partial charge in [0.05, 0.1) is 0 Å². The minimum atomic E-state index is 0.0675. The quantitative estimate of drug-likeness (QED) is 0.611. The molecule has 3 N–H and O–H groups in total. The number of hydrogen-bond acceptors (Lipinski definition) is 2. The van der Waals surface area contributed by atoms with Crippen molar-refractivity contribution in [3.05, 3.63) is 59.7 Å². The maximum atomic E-state index is 13.0. The highest BCUT2D eigenvalue weighted by Crippen LogP contribution is 2.31. The van der Waals surface area contributed by atoms with Gasteiger partial charge in [-0.05, 0) is 43.0 Å². The van der Waals surface area contributed by atoms with Crippen LogP contribution in [0.4, 0.5) is 11.4 Å². The average molecular weight is 423 g/mol. The molecule has 0 spiro atoms. The van der Waals surface area contributed by atoms with Crippen molar-refractivity contribution in [1.29, 1.82) is 0 Å². The Bertz CT molecular complexity index is 937. The second-order valence-electron chi connectivity index (χ2n) is 8.86. The van der Waals surface area contributed by atoms with E-state index >= 15 is 0 Å². The number of amides is 2. The van der Waals surface area contributed by atoms with E-state index in [4.69, 9.17) is 0 Å². The van der Waals surface area contributed by atoms with E-state index in [-0.39, 0.29) is 17.9 Å². The normalized spacial score (nSPS) is 22.8. The number of anilines is 2. The number of benzene rings is 2. The molecule has 0 aliphatic carbocycles. The molecule has 4 rings (SSSR count). The van der Waals surface area contributed by atoms with Gasteiger partial charge in [-0.25, -0.2) is 0 Å². The smallest absolute Gasteiger partial charge is 0.282 e. The second kappa shape index (κ2) is 9.62. The zero-order valence-electron chi connectivity index (χ0n) is 18.6. The summed E-state index contributed by atoms with van der Waals surface area (Å²) in [5.74, 6) is 0.280. The van der Waals surface area contributed by atoms with Crippen LogP contribution in [0.25, 0.3) is 0 Å². The number of piperazine rings is 1. The predicted octanol–water partition coefficient (Wildman–Crippen LogP) is -0.0513. The van der Waals surface area contributed by atoms with Gasteiger partial charge in [0.25, 0.3) is 11.8 Å². The topological polar surface area (TPSA) is 58.3 Å². The first-order chi connectivity index (χ1) is 15.0. The van der Waals surface area contributed by atoms with Crippen LogP contribution < -0.4 is 20.0 Å². The Labute approximate surface area is 184 Å². The molecule has 0 bridgehead atoms. The molecule has 1 fully saturated rings. The highest BCUT2D eigenvalue weighted by atomic mass is 16.2. The van der Waals surface area contributed by atoms with E-state index < -0.39 is 0 Å². The zero-order chi connectivity index (χ0) is 21.8. The molecule has 1 atom stereocenters. The van der Waals surface area contributed by atoms with Crippen LogP contribution in [0.5, 0.6) is 0 Å². The minimum Gasteiger partial charge on any atom is -0.321 e. The summed E-state index contributed by atoms with van der Waals surface area (Å²) in [5.41, 5.74) is 4.43. The molecular weight excluding hydrogens is 388 g/mol. The van der Waals surface area contributed by atoms with E-state index in [1.165, 1.54) is 15.4 Å². The molecule has 2 aliphatic heterocycles. The van der Waals surface area contributed by atoms with Crippen molar-refractivity contribution in [3.8, 4) is 0 Å². The number of nitrogens with one attached hydrogen (secondary N) is 3. The minimum absolute atomic E-state index is 0.0675. The lowest BCUT2D eigenvalue weighted by molar-refractivity contribution is -1.00. The predicted molar refractivity (Wildman–Crippen MR) is 123 cm³/mol. The molecule has 2 aromatic carbocycles. The zero-order valence-corrected chi connectivity index (χ0v) is 18.6. The lowest BCUT2D eigenvalue weighted by atomic mass is 10.1. The third-order valence-electron chi connectivity index (χ3n) is 6.62. The summed E-state index contributed by atoms with van der Waals surface area (Å²) in [5, 5.41) is 3.08. The van der Waals surface area contributed by atoms with E-state index in [0.717, 1.165) is 56.0 Å². The lowest BCUT2D eigenvalue weighted by Gasteiger charge is -2.31. The van der Waals surface area contributed by atoms with E-state index in [1.807, 2.05) is 35.2 Å². The van der Waals surface area contributed by atoms with Crippen molar-refractivity contribution in [3.63, 3.8) is 0 Å². The second-order valence-corrected chi connectivity index (χ2v) is 8.86. The maximum Gasteiger partial charge on any atom is 0.282 e. The van der Waals surface area contributed by atoms with Gasteiger partial charge in [0, 0.05) is 17.4 Å². The largest absolute Gasteiger partial charge is 0.321 e. The Morgan fingerprint density at radius 3 is 2.35 bits per heavy atom. The molecule has 31 heavy (non-hydrogen) atoms. The van der Waals surface area contributed by atoms with Crippen LogP contribution in [-0.4, -0.2) is 57.1 Å². The van der Waals surface area contributed by atoms with Crippen molar-refractivity contribution in [2.24, 2.45) is 0 Å². The van der Waals surface area contributed by atoms with Crippen LogP contribution >= 0.6 is 0 Å². The first kappa shape index (κ1) is 21.5. The van der Waals surface area contributed by atoms with E-state index in [2.05, 4.69) is 37.4 Å². The molecule has 0 unspecified atom stereocenters. The van der Waals surface area contributed by atoms with Crippen molar-refractivity contribution in [1.82, 2.24) is 0 Å². The van der Waals surface area contributed by atoms with E-state index in [1.54, 1.807) is 0 Å². The molecule has 6 nitrogen and oxygen atoms in total. The number of hydrogen-bond donors (Lipinski definition) is 3. The summed E-state index contributed by atoms with van der Waals surface area (Å²) in [7, 11) is 0. The summed E-state index contributed by atoms with van der Waals surface area (Å²) in [6.45, 7) is 8.91. The molecule has 2 heterocycles. The molecule has 2 aromatic rings. The molecular formula is C25H34N4O2+2. The first-order valence-electron chi connectivity index (χ1n) is 11.5. The van der Waals surface area contributed by atoms with Crippen molar-refractivity contribution in [2.45, 2.75) is 32.7 Å². The summed E-state index contributed by atoms with van der Waals surface area (Å²) < 4.78 is 0. The number of para-hydroxylation sites is 2. The Balaban J connectivity index is 1.25. The fourth-order valence-corrected chi connectivity index (χ4v) is 4.93. The maximum absolute atomic E-state index is 13.0. The summed E-state index contributed by atoms with van der Waals surface area (Å²) in [6.07, 6.45) is 1.84. The van der Waals surface area contributed by atoms with Crippen molar-refractivity contribution >= 4 is 23.2 Å². The Morgan fingerprint density at radius 2 is 1.61 bits per heavy atom. The Morgan fingerprint density at radius 1 is 0.968 bits per heavy atom.